The van der Waals surface area contributed by atoms with E-state index < -0.39 is 0 Å². The predicted octanol–water partition coefficient (Wildman–Crippen LogP) is 3.48. The molecule has 1 atom stereocenters. The van der Waals surface area contributed by atoms with Crippen molar-refractivity contribution in [3.63, 3.8) is 0 Å². The first-order valence-electron chi connectivity index (χ1n) is 8.92. The number of nitrogens with one attached hydrogen (secondary N) is 1. The van der Waals surface area contributed by atoms with Gasteiger partial charge in [-0.1, -0.05) is 12.1 Å². The van der Waals surface area contributed by atoms with E-state index in [0.29, 0.717) is 17.8 Å². The van der Waals surface area contributed by atoms with Gasteiger partial charge in [0.25, 0.3) is 5.91 Å². The van der Waals surface area contributed by atoms with Crippen LogP contribution in [-0.4, -0.2) is 39.9 Å². The van der Waals surface area contributed by atoms with E-state index in [4.69, 9.17) is 0 Å². The average molecular weight is 379 g/mol. The van der Waals surface area contributed by atoms with Crippen LogP contribution in [-0.2, 0) is 6.42 Å². The Bertz CT molecular complexity index is 945. The van der Waals surface area contributed by atoms with Gasteiger partial charge in [-0.05, 0) is 36.8 Å². The molecular formula is C21H22FN5O. The third-order valence-corrected chi connectivity index (χ3v) is 4.29. The van der Waals surface area contributed by atoms with Gasteiger partial charge in [0.2, 0.25) is 0 Å². The van der Waals surface area contributed by atoms with Crippen molar-refractivity contribution in [1.29, 1.82) is 0 Å². The molecule has 2 heterocycles. The van der Waals surface area contributed by atoms with Gasteiger partial charge in [-0.25, -0.2) is 9.37 Å². The molecule has 0 saturated carbocycles. The normalized spacial score (nSPS) is 11.7. The Kier molecular flexibility index (Phi) is 5.93. The van der Waals surface area contributed by atoms with E-state index in [0.717, 1.165) is 17.0 Å². The van der Waals surface area contributed by atoms with Gasteiger partial charge in [-0.3, -0.25) is 14.8 Å². The molecule has 0 spiro atoms. The van der Waals surface area contributed by atoms with Crippen LogP contribution in [0.4, 0.5) is 10.2 Å². The quantitative estimate of drug-likeness (QED) is 0.710. The molecule has 1 amide bonds. The highest BCUT2D eigenvalue weighted by Gasteiger charge is 2.18. The van der Waals surface area contributed by atoms with E-state index >= 15 is 0 Å². The molecule has 0 unspecified atom stereocenters. The first kappa shape index (κ1) is 19.4. The number of amides is 1. The Morgan fingerprint density at radius 1 is 1.11 bits per heavy atom. The Hall–Kier alpha value is -3.35. The minimum atomic E-state index is -0.288. The lowest BCUT2D eigenvalue weighted by atomic mass is 10.1. The highest BCUT2D eigenvalue weighted by molar-refractivity contribution is 5.98. The fourth-order valence-electron chi connectivity index (χ4n) is 2.77. The van der Waals surface area contributed by atoms with Gasteiger partial charge in [0.15, 0.2) is 0 Å². The molecule has 0 radical (unpaired) electrons. The molecule has 0 saturated heterocycles. The molecular weight excluding hydrogens is 357 g/mol. The van der Waals surface area contributed by atoms with E-state index in [-0.39, 0.29) is 17.8 Å². The van der Waals surface area contributed by atoms with Gasteiger partial charge >= 0.3 is 0 Å². The van der Waals surface area contributed by atoms with Crippen molar-refractivity contribution in [1.82, 2.24) is 19.9 Å². The van der Waals surface area contributed by atoms with Crippen molar-refractivity contribution in [2.45, 2.75) is 19.4 Å². The molecule has 0 aliphatic carbocycles. The number of benzene rings is 1. The van der Waals surface area contributed by atoms with Gasteiger partial charge in [0, 0.05) is 50.8 Å². The van der Waals surface area contributed by atoms with Crippen molar-refractivity contribution < 1.29 is 9.18 Å². The summed E-state index contributed by atoms with van der Waals surface area (Å²) in [6.07, 6.45) is 5.45. The summed E-state index contributed by atoms with van der Waals surface area (Å²) in [5.74, 6) is 0.0489. The van der Waals surface area contributed by atoms with Crippen LogP contribution < -0.4 is 5.32 Å². The number of pyridine rings is 1. The number of nitrogens with zero attached hydrogens (tertiary/aromatic N) is 4. The maximum atomic E-state index is 13.2. The maximum absolute atomic E-state index is 13.2. The maximum Gasteiger partial charge on any atom is 0.257 e. The number of aromatic nitrogens is 3. The number of anilines is 1. The predicted molar refractivity (Wildman–Crippen MR) is 106 cm³/mol. The SMILES string of the molecule is C[C@H](Nc1nc(Cc2cnccn2)ccc1C(=O)N(C)C)c1ccc(F)cc1. The third kappa shape index (κ3) is 4.68. The third-order valence-electron chi connectivity index (χ3n) is 4.29. The lowest BCUT2D eigenvalue weighted by molar-refractivity contribution is 0.0828. The van der Waals surface area contributed by atoms with Crippen molar-refractivity contribution in [3.8, 4) is 0 Å². The Morgan fingerprint density at radius 3 is 2.50 bits per heavy atom. The minimum Gasteiger partial charge on any atom is -0.363 e. The first-order chi connectivity index (χ1) is 13.4. The fourth-order valence-corrected chi connectivity index (χ4v) is 2.77. The second-order valence-electron chi connectivity index (χ2n) is 6.69. The number of hydrogen-bond acceptors (Lipinski definition) is 5. The number of carbonyl (C=O) groups is 1. The van der Waals surface area contributed by atoms with Gasteiger partial charge in [0.05, 0.1) is 11.3 Å². The van der Waals surface area contributed by atoms with Crippen LogP contribution in [0.5, 0.6) is 0 Å². The molecule has 2 aromatic heterocycles. The van der Waals surface area contributed by atoms with Crippen LogP contribution >= 0.6 is 0 Å². The molecule has 0 bridgehead atoms. The Balaban J connectivity index is 1.91. The van der Waals surface area contributed by atoms with Crippen LogP contribution in [0.1, 0.15) is 40.3 Å². The summed E-state index contributed by atoms with van der Waals surface area (Å²) in [5, 5.41) is 3.29. The highest BCUT2D eigenvalue weighted by atomic mass is 19.1. The summed E-state index contributed by atoms with van der Waals surface area (Å²) >= 11 is 0. The highest BCUT2D eigenvalue weighted by Crippen LogP contribution is 2.23. The van der Waals surface area contributed by atoms with Crippen molar-refractivity contribution >= 4 is 11.7 Å². The number of halogens is 1. The van der Waals surface area contributed by atoms with Gasteiger partial charge < -0.3 is 10.2 Å². The largest absolute Gasteiger partial charge is 0.363 e. The molecule has 3 rings (SSSR count). The molecule has 1 N–H and O–H groups in total. The smallest absolute Gasteiger partial charge is 0.257 e. The minimum absolute atomic E-state index is 0.146. The zero-order valence-corrected chi connectivity index (χ0v) is 16.1. The molecule has 3 aromatic rings. The Labute approximate surface area is 163 Å². The molecule has 144 valence electrons. The summed E-state index contributed by atoms with van der Waals surface area (Å²) in [5.41, 5.74) is 2.93. The topological polar surface area (TPSA) is 71.0 Å². The summed E-state index contributed by atoms with van der Waals surface area (Å²) < 4.78 is 13.2. The first-order valence-corrected chi connectivity index (χ1v) is 8.92. The van der Waals surface area contributed by atoms with E-state index in [1.807, 2.05) is 13.0 Å². The van der Waals surface area contributed by atoms with Crippen LogP contribution in [0.25, 0.3) is 0 Å². The van der Waals surface area contributed by atoms with Gasteiger partial charge in [-0.2, -0.15) is 0 Å². The molecule has 7 heteroatoms. The van der Waals surface area contributed by atoms with E-state index in [9.17, 15) is 9.18 Å². The molecule has 6 nitrogen and oxygen atoms in total. The van der Waals surface area contributed by atoms with E-state index in [1.165, 1.54) is 17.0 Å². The summed E-state index contributed by atoms with van der Waals surface area (Å²) in [6, 6.07) is 9.68. The Morgan fingerprint density at radius 2 is 1.86 bits per heavy atom. The monoisotopic (exact) mass is 379 g/mol. The van der Waals surface area contributed by atoms with Crippen molar-refractivity contribution in [3.05, 3.63) is 83.3 Å². The fraction of sp³-hybridized carbons (Fsp3) is 0.238. The molecule has 0 aliphatic rings. The number of hydrogen-bond donors (Lipinski definition) is 1. The zero-order valence-electron chi connectivity index (χ0n) is 16.1. The van der Waals surface area contributed by atoms with Crippen LogP contribution in [0.2, 0.25) is 0 Å². The van der Waals surface area contributed by atoms with Crippen molar-refractivity contribution in [2.24, 2.45) is 0 Å². The molecule has 0 aliphatic heterocycles. The standard InChI is InChI=1S/C21H22FN5O/c1-14(15-4-6-16(22)7-5-15)25-20-19(21(28)27(2)3)9-8-17(26-20)12-18-13-23-10-11-24-18/h4-11,13-14H,12H2,1-3H3,(H,25,26)/t14-/m0/s1. The van der Waals surface area contributed by atoms with Gasteiger partial charge in [-0.15, -0.1) is 0 Å². The molecule has 0 fully saturated rings. The van der Waals surface area contributed by atoms with E-state index in [1.54, 1.807) is 50.9 Å². The average Bonchev–Trinajstić information content (AvgIpc) is 2.69. The summed E-state index contributed by atoms with van der Waals surface area (Å²) in [7, 11) is 3.39. The molecule has 1 aromatic carbocycles. The van der Waals surface area contributed by atoms with Crippen molar-refractivity contribution in [2.75, 3.05) is 19.4 Å². The zero-order chi connectivity index (χ0) is 20.1. The van der Waals surface area contributed by atoms with E-state index in [2.05, 4.69) is 20.3 Å². The second-order valence-corrected chi connectivity index (χ2v) is 6.69. The summed E-state index contributed by atoms with van der Waals surface area (Å²) in [4.78, 5) is 27.1. The summed E-state index contributed by atoms with van der Waals surface area (Å²) in [6.45, 7) is 1.94. The number of rotatable bonds is 6. The molecule has 28 heavy (non-hydrogen) atoms. The van der Waals surface area contributed by atoms with Crippen LogP contribution in [0, 0.1) is 5.82 Å². The lowest BCUT2D eigenvalue weighted by Crippen LogP contribution is -2.24. The lowest BCUT2D eigenvalue weighted by Gasteiger charge is -2.20. The second kappa shape index (κ2) is 8.56. The van der Waals surface area contributed by atoms with Crippen LogP contribution in [0.15, 0.2) is 55.0 Å². The van der Waals surface area contributed by atoms with Crippen LogP contribution in [0.3, 0.4) is 0 Å². The number of carbonyl (C=O) groups excluding carboxylic acids is 1. The van der Waals surface area contributed by atoms with Gasteiger partial charge in [0.1, 0.15) is 11.6 Å².